The first-order valence-electron chi connectivity index (χ1n) is 11.4. The van der Waals surface area contributed by atoms with E-state index in [1.807, 2.05) is 29.8 Å². The van der Waals surface area contributed by atoms with Crippen molar-refractivity contribution in [1.82, 2.24) is 15.1 Å². The predicted octanol–water partition coefficient (Wildman–Crippen LogP) is 2.31. The molecule has 0 amide bonds. The quantitative estimate of drug-likeness (QED) is 0.178. The van der Waals surface area contributed by atoms with Crippen molar-refractivity contribution in [3.8, 4) is 5.75 Å². The zero-order chi connectivity index (χ0) is 26.5. The molecule has 3 aromatic rings. The van der Waals surface area contributed by atoms with Crippen LogP contribution in [0.3, 0.4) is 0 Å². The van der Waals surface area contributed by atoms with Gasteiger partial charge in [-0.2, -0.15) is 5.10 Å². The van der Waals surface area contributed by atoms with E-state index in [4.69, 9.17) is 24.5 Å². The highest BCUT2D eigenvalue weighted by atomic mass is 16.5. The number of nitrogens with one attached hydrogen (secondary N) is 1. The van der Waals surface area contributed by atoms with E-state index in [1.165, 1.54) is 0 Å². The molecule has 0 spiro atoms. The fraction of sp³-hybridized carbons (Fsp3) is 0.308. The van der Waals surface area contributed by atoms with Gasteiger partial charge in [0, 0.05) is 29.9 Å². The fourth-order valence-corrected chi connectivity index (χ4v) is 3.23. The lowest BCUT2D eigenvalue weighted by atomic mass is 10.0. The van der Waals surface area contributed by atoms with E-state index in [-0.39, 0.29) is 12.4 Å². The molecule has 4 N–H and O–H groups in total. The minimum absolute atomic E-state index is 0.0214. The van der Waals surface area contributed by atoms with Crippen molar-refractivity contribution < 1.29 is 34.4 Å². The molecule has 1 atom stereocenters. The molecule has 0 aliphatic rings. The summed E-state index contributed by atoms with van der Waals surface area (Å²) >= 11 is 0. The molecule has 1 heterocycles. The minimum Gasteiger partial charge on any atom is -0.491 e. The highest BCUT2D eigenvalue weighted by Gasteiger charge is 2.10. The molecule has 0 fully saturated rings. The van der Waals surface area contributed by atoms with Crippen molar-refractivity contribution in [2.24, 2.45) is 0 Å². The van der Waals surface area contributed by atoms with Gasteiger partial charge in [-0.1, -0.05) is 30.3 Å². The number of carbonyl (C=O) groups excluding carboxylic acids is 1. The Labute approximate surface area is 209 Å². The van der Waals surface area contributed by atoms with Crippen LogP contribution in [0.5, 0.6) is 5.75 Å². The van der Waals surface area contributed by atoms with Crippen LogP contribution in [0.15, 0.2) is 60.7 Å². The summed E-state index contributed by atoms with van der Waals surface area (Å²) in [5.74, 6) is -3.04. The number of carboxylic acid groups (broad SMARTS) is 2. The first-order valence-corrected chi connectivity index (χ1v) is 11.4. The van der Waals surface area contributed by atoms with Crippen LogP contribution in [-0.2, 0) is 16.1 Å². The summed E-state index contributed by atoms with van der Waals surface area (Å²) in [6, 6.07) is 18.2. The van der Waals surface area contributed by atoms with Gasteiger partial charge < -0.3 is 25.4 Å². The summed E-state index contributed by atoms with van der Waals surface area (Å²) in [6.45, 7) is 6.35. The molecule has 0 radical (unpaired) electrons. The first-order chi connectivity index (χ1) is 17.2. The molecule has 0 saturated heterocycles. The second kappa shape index (κ2) is 14.4. The Balaban J connectivity index is 0.000000678. The summed E-state index contributed by atoms with van der Waals surface area (Å²) in [4.78, 5) is 30.6. The third kappa shape index (κ3) is 9.69. The Kier molecular flexibility index (Phi) is 11.3. The highest BCUT2D eigenvalue weighted by Crippen LogP contribution is 2.15. The van der Waals surface area contributed by atoms with Crippen molar-refractivity contribution in [2.75, 3.05) is 19.7 Å². The molecule has 0 aliphatic heterocycles. The van der Waals surface area contributed by atoms with Crippen LogP contribution >= 0.6 is 0 Å². The number of ether oxygens (including phenoxy) is 1. The number of carboxylic acids is 2. The third-order valence-corrected chi connectivity index (χ3v) is 4.98. The molecule has 0 bridgehead atoms. The van der Waals surface area contributed by atoms with Gasteiger partial charge in [0.2, 0.25) is 0 Å². The van der Waals surface area contributed by atoms with Crippen molar-refractivity contribution in [3.05, 3.63) is 83.2 Å². The van der Waals surface area contributed by atoms with Gasteiger partial charge in [-0.15, -0.1) is 0 Å². The number of hydrogen-bond donors (Lipinski definition) is 4. The van der Waals surface area contributed by atoms with Crippen molar-refractivity contribution in [3.63, 3.8) is 0 Å². The summed E-state index contributed by atoms with van der Waals surface area (Å²) in [7, 11) is 0. The second-order valence-corrected chi connectivity index (χ2v) is 8.00. The minimum atomic E-state index is -1.82. The maximum Gasteiger partial charge on any atom is 0.414 e. The Hall–Kier alpha value is -4.02. The number of aromatic nitrogens is 2. The van der Waals surface area contributed by atoms with Gasteiger partial charge in [-0.05, 0) is 57.1 Å². The maximum atomic E-state index is 12.4. The van der Waals surface area contributed by atoms with Gasteiger partial charge in [-0.3, -0.25) is 9.48 Å². The molecule has 0 aliphatic carbocycles. The second-order valence-electron chi connectivity index (χ2n) is 8.00. The lowest BCUT2D eigenvalue weighted by Crippen LogP contribution is -2.32. The zero-order valence-corrected chi connectivity index (χ0v) is 20.3. The largest absolute Gasteiger partial charge is 0.491 e. The van der Waals surface area contributed by atoms with Crippen LogP contribution in [0.2, 0.25) is 0 Å². The number of aliphatic hydroxyl groups excluding tert-OH is 1. The smallest absolute Gasteiger partial charge is 0.414 e. The van der Waals surface area contributed by atoms with E-state index in [9.17, 15) is 9.90 Å². The Morgan fingerprint density at radius 3 is 2.14 bits per heavy atom. The Morgan fingerprint density at radius 1 is 0.972 bits per heavy atom. The molecule has 2 aromatic carbocycles. The summed E-state index contributed by atoms with van der Waals surface area (Å²) in [5.41, 5.74) is 3.46. The SMILES string of the molecule is Cc1cc(C)n(CCCNCC(O)COc2ccc(C(=O)c3ccccc3)cc2)n1.O=C(O)C(=O)O. The topological polar surface area (TPSA) is 151 Å². The molecular formula is C26H31N3O7. The predicted molar refractivity (Wildman–Crippen MR) is 132 cm³/mol. The van der Waals surface area contributed by atoms with Crippen molar-refractivity contribution in [1.29, 1.82) is 0 Å². The van der Waals surface area contributed by atoms with Gasteiger partial charge in [0.1, 0.15) is 18.5 Å². The normalized spacial score (nSPS) is 11.2. The molecule has 3 rings (SSSR count). The van der Waals surface area contributed by atoms with Gasteiger partial charge >= 0.3 is 11.9 Å². The van der Waals surface area contributed by atoms with Crippen LogP contribution in [0, 0.1) is 13.8 Å². The average Bonchev–Trinajstić information content (AvgIpc) is 3.19. The lowest BCUT2D eigenvalue weighted by molar-refractivity contribution is -0.159. The summed E-state index contributed by atoms with van der Waals surface area (Å²) < 4.78 is 7.64. The third-order valence-electron chi connectivity index (χ3n) is 4.98. The monoisotopic (exact) mass is 497 g/mol. The van der Waals surface area contributed by atoms with Gasteiger partial charge in [0.05, 0.1) is 5.69 Å². The van der Waals surface area contributed by atoms with Crippen LogP contribution in [0.25, 0.3) is 0 Å². The van der Waals surface area contributed by atoms with E-state index in [0.29, 0.717) is 23.4 Å². The first kappa shape index (κ1) is 28.2. The molecule has 36 heavy (non-hydrogen) atoms. The number of ketones is 1. The van der Waals surface area contributed by atoms with Gasteiger partial charge in [-0.25, -0.2) is 9.59 Å². The van der Waals surface area contributed by atoms with Crippen LogP contribution in [0.1, 0.15) is 33.7 Å². The van der Waals surface area contributed by atoms with Gasteiger partial charge in [0.15, 0.2) is 5.78 Å². The number of aryl methyl sites for hydroxylation is 3. The van der Waals surface area contributed by atoms with E-state index in [2.05, 4.69) is 23.4 Å². The van der Waals surface area contributed by atoms with Crippen LogP contribution in [-0.4, -0.2) is 68.6 Å². The Morgan fingerprint density at radius 2 is 1.58 bits per heavy atom. The van der Waals surface area contributed by atoms with E-state index < -0.39 is 18.0 Å². The summed E-state index contributed by atoms with van der Waals surface area (Å²) in [6.07, 6.45) is 0.330. The number of nitrogens with zero attached hydrogens (tertiary/aromatic N) is 2. The molecular weight excluding hydrogens is 466 g/mol. The Bertz CT molecular complexity index is 1120. The summed E-state index contributed by atoms with van der Waals surface area (Å²) in [5, 5.41) is 32.6. The van der Waals surface area contributed by atoms with Crippen molar-refractivity contribution >= 4 is 17.7 Å². The number of carbonyl (C=O) groups is 3. The number of aliphatic carboxylic acids is 2. The lowest BCUT2D eigenvalue weighted by Gasteiger charge is -2.14. The van der Waals surface area contributed by atoms with E-state index in [1.54, 1.807) is 36.4 Å². The zero-order valence-electron chi connectivity index (χ0n) is 20.3. The van der Waals surface area contributed by atoms with Crippen LogP contribution < -0.4 is 10.1 Å². The molecule has 1 aromatic heterocycles. The average molecular weight is 498 g/mol. The maximum absolute atomic E-state index is 12.4. The highest BCUT2D eigenvalue weighted by molar-refractivity contribution is 6.27. The fourth-order valence-electron chi connectivity index (χ4n) is 3.23. The van der Waals surface area contributed by atoms with Gasteiger partial charge in [0.25, 0.3) is 0 Å². The number of aliphatic hydroxyl groups is 1. The molecule has 1 unspecified atom stereocenters. The number of rotatable bonds is 11. The molecule has 0 saturated carbocycles. The number of benzene rings is 2. The molecule has 10 nitrogen and oxygen atoms in total. The molecule has 10 heteroatoms. The van der Waals surface area contributed by atoms with Crippen molar-refractivity contribution in [2.45, 2.75) is 32.9 Å². The molecule has 192 valence electrons. The standard InChI is InChI=1S/C24H29N3O3.C2H2O4/c1-18-15-19(2)27(26-18)14-6-13-25-16-22(28)17-30-23-11-9-21(10-12-23)24(29)20-7-4-3-5-8-20;3-1(4)2(5)6/h3-5,7-12,15,22,25,28H,6,13-14,16-17H2,1-2H3;(H,3,4)(H,5,6). The van der Waals surface area contributed by atoms with E-state index in [0.717, 1.165) is 30.9 Å². The number of hydrogen-bond acceptors (Lipinski definition) is 7. The van der Waals surface area contributed by atoms with Crippen LogP contribution in [0.4, 0.5) is 0 Å². The van der Waals surface area contributed by atoms with E-state index >= 15 is 0 Å².